The van der Waals surface area contributed by atoms with E-state index in [1.807, 2.05) is 6.07 Å². The molecule has 4 aromatic rings. The Morgan fingerprint density at radius 2 is 1.88 bits per heavy atom. The number of hydrogen-bond donors (Lipinski definition) is 1. The molecule has 43 heavy (non-hydrogen) atoms. The number of hydrogen-bond acceptors (Lipinski definition) is 8. The second-order valence-electron chi connectivity index (χ2n) is 10.3. The molecule has 16 heteroatoms. The van der Waals surface area contributed by atoms with Crippen molar-refractivity contribution in [3.8, 4) is 29.0 Å². The van der Waals surface area contributed by atoms with Gasteiger partial charge in [-0.15, -0.1) is 23.4 Å². The molecule has 1 atom stereocenters. The van der Waals surface area contributed by atoms with Crippen LogP contribution in [0, 0.1) is 17.1 Å². The number of aromatic nitrogens is 4. The minimum absolute atomic E-state index is 0.131. The molecule has 0 bridgehead atoms. The molecule has 5 rings (SSSR count). The quantitative estimate of drug-likeness (QED) is 0.299. The zero-order valence-electron chi connectivity index (χ0n) is 22.4. The van der Waals surface area contributed by atoms with Crippen molar-refractivity contribution in [2.24, 2.45) is 5.73 Å². The monoisotopic (exact) mass is 605 g/mol. The second-order valence-corrected chi connectivity index (χ2v) is 10.3. The standard InChI is InChI=1S/C27H21F6N7O3/c1-25(2,13-34)24-38-37-22(42-24)17-7-21-18(8-19(17)28)26(29,30)9-20(35)23(41)39(21)11-14-3-5-15(6-4-14)40-12-16(10-36-40)43-27(31,32)33/h3-8,10,12,20H,9,11,35H2,1-2H3/t20-/m0/s1. The van der Waals surface area contributed by atoms with Gasteiger partial charge in [-0.25, -0.2) is 17.9 Å². The van der Waals surface area contributed by atoms with Crippen LogP contribution in [0.3, 0.4) is 0 Å². The van der Waals surface area contributed by atoms with Crippen molar-refractivity contribution >= 4 is 11.6 Å². The van der Waals surface area contributed by atoms with Gasteiger partial charge in [0, 0.05) is 12.0 Å². The maximum atomic E-state index is 15.3. The molecule has 0 spiro atoms. The number of carbonyl (C=O) groups is 1. The van der Waals surface area contributed by atoms with E-state index < -0.39 is 53.2 Å². The van der Waals surface area contributed by atoms with Crippen molar-refractivity contribution < 1.29 is 40.3 Å². The average molecular weight is 605 g/mol. The zero-order chi connectivity index (χ0) is 31.3. The Balaban J connectivity index is 1.51. The summed E-state index contributed by atoms with van der Waals surface area (Å²) in [4.78, 5) is 14.3. The number of nitrogens with zero attached hydrogens (tertiary/aromatic N) is 6. The predicted molar refractivity (Wildman–Crippen MR) is 136 cm³/mol. The number of rotatable bonds is 6. The highest BCUT2D eigenvalue weighted by Gasteiger charge is 2.45. The molecule has 1 aliphatic rings. The van der Waals surface area contributed by atoms with E-state index >= 15 is 13.2 Å². The maximum Gasteiger partial charge on any atom is 0.573 e. The highest BCUT2D eigenvalue weighted by molar-refractivity contribution is 5.99. The van der Waals surface area contributed by atoms with Crippen molar-refractivity contribution in [1.29, 1.82) is 5.26 Å². The molecule has 0 fully saturated rings. The third-order valence-corrected chi connectivity index (χ3v) is 6.63. The van der Waals surface area contributed by atoms with Gasteiger partial charge in [0.1, 0.15) is 11.2 Å². The summed E-state index contributed by atoms with van der Waals surface area (Å²) in [6.07, 6.45) is -4.09. The zero-order valence-corrected chi connectivity index (χ0v) is 22.4. The predicted octanol–water partition coefficient (Wildman–Crippen LogP) is 5.12. The lowest BCUT2D eigenvalue weighted by atomic mass is 9.96. The normalized spacial score (nSPS) is 16.9. The number of anilines is 1. The number of benzene rings is 2. The van der Waals surface area contributed by atoms with Gasteiger partial charge < -0.3 is 19.8 Å². The molecule has 0 radical (unpaired) electrons. The lowest BCUT2D eigenvalue weighted by molar-refractivity contribution is -0.274. The number of halogens is 6. The van der Waals surface area contributed by atoms with Crippen LogP contribution >= 0.6 is 0 Å². The van der Waals surface area contributed by atoms with Crippen LogP contribution in [0.1, 0.15) is 37.3 Å². The number of ether oxygens (including phenoxy) is 1. The molecule has 2 aromatic carbocycles. The lowest BCUT2D eigenvalue weighted by Gasteiger charge is -2.25. The van der Waals surface area contributed by atoms with Crippen LogP contribution in [0.25, 0.3) is 17.1 Å². The lowest BCUT2D eigenvalue weighted by Crippen LogP contribution is -2.43. The molecule has 2 aromatic heterocycles. The third-order valence-electron chi connectivity index (χ3n) is 6.63. The summed E-state index contributed by atoms with van der Waals surface area (Å²) in [5.41, 5.74) is 3.88. The van der Waals surface area contributed by atoms with Crippen LogP contribution < -0.4 is 15.4 Å². The first-order chi connectivity index (χ1) is 20.1. The summed E-state index contributed by atoms with van der Waals surface area (Å²) < 4.78 is 93.6. The number of carbonyl (C=O) groups excluding carboxylic acids is 1. The Morgan fingerprint density at radius 1 is 1.19 bits per heavy atom. The Hall–Kier alpha value is -4.91. The van der Waals surface area contributed by atoms with Crippen LogP contribution in [-0.4, -0.2) is 38.3 Å². The van der Waals surface area contributed by atoms with Crippen LogP contribution in [0.4, 0.5) is 32.0 Å². The summed E-state index contributed by atoms with van der Waals surface area (Å²) in [5.74, 6) is -6.72. The van der Waals surface area contributed by atoms with Gasteiger partial charge in [-0.2, -0.15) is 10.4 Å². The average Bonchev–Trinajstić information content (AvgIpc) is 3.60. The fourth-order valence-corrected chi connectivity index (χ4v) is 4.40. The van der Waals surface area contributed by atoms with Gasteiger partial charge in [-0.3, -0.25) is 4.79 Å². The van der Waals surface area contributed by atoms with Gasteiger partial charge in [0.05, 0.1) is 48.0 Å². The number of amides is 1. The first kappa shape index (κ1) is 29.6. The summed E-state index contributed by atoms with van der Waals surface area (Å²) in [5, 5.41) is 20.7. The van der Waals surface area contributed by atoms with Crippen molar-refractivity contribution in [3.63, 3.8) is 0 Å². The van der Waals surface area contributed by atoms with E-state index in [0.717, 1.165) is 28.0 Å². The van der Waals surface area contributed by atoms with Gasteiger partial charge in [-0.1, -0.05) is 12.1 Å². The first-order valence-corrected chi connectivity index (χ1v) is 12.5. The van der Waals surface area contributed by atoms with E-state index in [9.17, 15) is 23.2 Å². The number of nitriles is 1. The fraction of sp³-hybridized carbons (Fsp3) is 0.296. The molecule has 0 unspecified atom stereocenters. The minimum Gasteiger partial charge on any atom is -0.419 e. The molecule has 224 valence electrons. The van der Waals surface area contributed by atoms with Gasteiger partial charge in [0.25, 0.3) is 11.8 Å². The maximum absolute atomic E-state index is 15.3. The fourth-order valence-electron chi connectivity index (χ4n) is 4.40. The van der Waals surface area contributed by atoms with Gasteiger partial charge in [-0.05, 0) is 43.7 Å². The Bertz CT molecular complexity index is 1720. The summed E-state index contributed by atoms with van der Waals surface area (Å²) >= 11 is 0. The second kappa shape index (κ2) is 10.4. The van der Waals surface area contributed by atoms with Crippen molar-refractivity contribution in [3.05, 3.63) is 71.6 Å². The molecular weight excluding hydrogens is 584 g/mol. The number of fused-ring (bicyclic) bond motifs is 1. The molecule has 3 heterocycles. The number of alkyl halides is 5. The molecule has 2 N–H and O–H groups in total. The van der Waals surface area contributed by atoms with Crippen molar-refractivity contribution in [2.45, 2.75) is 50.6 Å². The van der Waals surface area contributed by atoms with Gasteiger partial charge in [0.15, 0.2) is 5.75 Å². The number of nitrogens with two attached hydrogens (primary N) is 1. The summed E-state index contributed by atoms with van der Waals surface area (Å²) in [6, 6.07) is 7.87. The highest BCUT2D eigenvalue weighted by atomic mass is 19.4. The SMILES string of the molecule is CC(C)(C#N)c1nnc(-c2cc3c(cc2F)C(F)(F)C[C@H](N)C(=O)N3Cc2ccc(-n3cc(OC(F)(F)F)cn3)cc2)o1. The minimum atomic E-state index is -4.90. The van der Waals surface area contributed by atoms with Gasteiger partial charge >= 0.3 is 6.36 Å². The topological polar surface area (TPSA) is 136 Å². The molecule has 1 aliphatic heterocycles. The molecule has 0 saturated carbocycles. The Labute approximate surface area is 239 Å². The molecule has 10 nitrogen and oxygen atoms in total. The Morgan fingerprint density at radius 3 is 2.53 bits per heavy atom. The Kier molecular flexibility index (Phi) is 7.17. The van der Waals surface area contributed by atoms with E-state index in [2.05, 4.69) is 20.0 Å². The summed E-state index contributed by atoms with van der Waals surface area (Å²) in [6.45, 7) is 2.71. The smallest absolute Gasteiger partial charge is 0.419 e. The van der Waals surface area contributed by atoms with Crippen LogP contribution in [0.15, 0.2) is 53.2 Å². The van der Waals surface area contributed by atoms with E-state index in [-0.39, 0.29) is 29.6 Å². The van der Waals surface area contributed by atoms with E-state index in [1.54, 1.807) is 0 Å². The molecular formula is C27H21F6N7O3. The molecule has 0 saturated heterocycles. The first-order valence-electron chi connectivity index (χ1n) is 12.5. The van der Waals surface area contributed by atoms with Crippen molar-refractivity contribution in [2.75, 3.05) is 4.90 Å². The molecule has 0 aliphatic carbocycles. The van der Waals surface area contributed by atoms with E-state index in [1.165, 1.54) is 38.1 Å². The van der Waals surface area contributed by atoms with Crippen LogP contribution in [0.2, 0.25) is 0 Å². The van der Waals surface area contributed by atoms with E-state index in [0.29, 0.717) is 17.3 Å². The van der Waals surface area contributed by atoms with Crippen LogP contribution in [0.5, 0.6) is 5.75 Å². The van der Waals surface area contributed by atoms with Crippen molar-refractivity contribution in [1.82, 2.24) is 20.0 Å². The largest absolute Gasteiger partial charge is 0.573 e. The van der Waals surface area contributed by atoms with Crippen LogP contribution in [-0.2, 0) is 22.7 Å². The highest BCUT2D eigenvalue weighted by Crippen LogP contribution is 2.45. The van der Waals surface area contributed by atoms with E-state index in [4.69, 9.17) is 10.2 Å². The molecule has 1 amide bonds. The third kappa shape index (κ3) is 5.89. The summed E-state index contributed by atoms with van der Waals surface area (Å²) in [7, 11) is 0. The van der Waals surface area contributed by atoms with Gasteiger partial charge in [0.2, 0.25) is 11.8 Å².